The Kier molecular flexibility index (Phi) is 8.34. The summed E-state index contributed by atoms with van der Waals surface area (Å²) in [6.07, 6.45) is 11.5. The molecule has 0 bridgehead atoms. The highest BCUT2D eigenvalue weighted by Gasteiger charge is 2.21. The minimum atomic E-state index is -0.406. The predicted octanol–water partition coefficient (Wildman–Crippen LogP) is 6.05. The van der Waals surface area contributed by atoms with Gasteiger partial charge in [-0.2, -0.15) is 0 Å². The third-order valence-corrected chi connectivity index (χ3v) is 6.54. The summed E-state index contributed by atoms with van der Waals surface area (Å²) in [5.41, 5.74) is 2.28. The van der Waals surface area contributed by atoms with Crippen molar-refractivity contribution >= 4 is 18.0 Å². The molecular formula is C28H34N2O4. The molecule has 0 aromatic heterocycles. The first-order chi connectivity index (χ1) is 16.6. The van der Waals surface area contributed by atoms with Crippen LogP contribution in [0.2, 0.25) is 0 Å². The zero-order valence-electron chi connectivity index (χ0n) is 19.9. The van der Waals surface area contributed by atoms with Crippen LogP contribution in [0.1, 0.15) is 81.5 Å². The molecule has 0 radical (unpaired) electrons. The summed E-state index contributed by atoms with van der Waals surface area (Å²) in [7, 11) is 0. The van der Waals surface area contributed by atoms with Crippen molar-refractivity contribution in [1.29, 1.82) is 0 Å². The molecule has 6 heteroatoms. The van der Waals surface area contributed by atoms with Crippen LogP contribution in [0.25, 0.3) is 11.1 Å². The van der Waals surface area contributed by atoms with E-state index in [0.29, 0.717) is 23.4 Å². The standard InChI is InChI=1S/C28H34N2O4/c1-20(31)33-26-17-15-21(16-18-26)22-9-8-10-23(19-22)27(32)34-28(29-24-11-4-2-5-12-24)30-25-13-6-3-7-14-25/h8-10,15-19,24-25H,2-7,11-14H2,1H3,(H,29,30). The quantitative estimate of drug-likeness (QED) is 0.253. The molecule has 0 amide bonds. The van der Waals surface area contributed by atoms with Crippen molar-refractivity contribution in [2.45, 2.75) is 83.2 Å². The zero-order chi connectivity index (χ0) is 23.8. The summed E-state index contributed by atoms with van der Waals surface area (Å²) >= 11 is 0. The Bertz CT molecular complexity index is 1000. The van der Waals surface area contributed by atoms with Gasteiger partial charge in [-0.25, -0.2) is 9.79 Å². The highest BCUT2D eigenvalue weighted by Crippen LogP contribution is 2.25. The van der Waals surface area contributed by atoms with Crippen molar-refractivity contribution in [2.75, 3.05) is 0 Å². The lowest BCUT2D eigenvalue weighted by atomic mass is 9.95. The molecule has 2 aliphatic rings. The number of nitrogens with one attached hydrogen (secondary N) is 1. The number of carbonyl (C=O) groups is 2. The SMILES string of the molecule is CC(=O)Oc1ccc(-c2cccc(C(=O)OC(=NC3CCCCC3)NC3CCCCC3)c2)cc1. The topological polar surface area (TPSA) is 77.0 Å². The Morgan fingerprint density at radius 3 is 2.21 bits per heavy atom. The molecule has 2 aromatic carbocycles. The van der Waals surface area contributed by atoms with E-state index in [2.05, 4.69) is 5.32 Å². The molecular weight excluding hydrogens is 428 g/mol. The van der Waals surface area contributed by atoms with Crippen LogP contribution >= 0.6 is 0 Å². The van der Waals surface area contributed by atoms with E-state index in [-0.39, 0.29) is 12.0 Å². The van der Waals surface area contributed by atoms with Crippen molar-refractivity contribution in [1.82, 2.24) is 5.32 Å². The van der Waals surface area contributed by atoms with Crippen molar-refractivity contribution in [3.63, 3.8) is 0 Å². The van der Waals surface area contributed by atoms with Crippen LogP contribution in [-0.2, 0) is 9.53 Å². The second-order valence-electron chi connectivity index (χ2n) is 9.29. The second-order valence-corrected chi connectivity index (χ2v) is 9.29. The average molecular weight is 463 g/mol. The molecule has 0 atom stereocenters. The van der Waals surface area contributed by atoms with E-state index in [9.17, 15) is 9.59 Å². The number of ether oxygens (including phenoxy) is 2. The summed E-state index contributed by atoms with van der Waals surface area (Å²) in [5, 5.41) is 3.44. The largest absolute Gasteiger partial charge is 0.427 e. The van der Waals surface area contributed by atoms with Crippen LogP contribution in [0, 0.1) is 0 Å². The number of hydrogen-bond acceptors (Lipinski definition) is 5. The predicted molar refractivity (Wildman–Crippen MR) is 133 cm³/mol. The number of amidine groups is 1. The van der Waals surface area contributed by atoms with Crippen LogP contribution in [0.15, 0.2) is 53.5 Å². The van der Waals surface area contributed by atoms with Crippen LogP contribution in [0.4, 0.5) is 0 Å². The second kappa shape index (κ2) is 11.8. The van der Waals surface area contributed by atoms with Gasteiger partial charge in [-0.3, -0.25) is 4.79 Å². The molecule has 2 fully saturated rings. The van der Waals surface area contributed by atoms with E-state index in [4.69, 9.17) is 14.5 Å². The van der Waals surface area contributed by atoms with Gasteiger partial charge in [-0.05, 0) is 61.1 Å². The number of carbonyl (C=O) groups excluding carboxylic acids is 2. The van der Waals surface area contributed by atoms with Gasteiger partial charge < -0.3 is 14.8 Å². The number of nitrogens with zero attached hydrogens (tertiary/aromatic N) is 1. The Morgan fingerprint density at radius 1 is 0.853 bits per heavy atom. The summed E-state index contributed by atoms with van der Waals surface area (Å²) in [4.78, 5) is 29.1. The van der Waals surface area contributed by atoms with Gasteiger partial charge in [0.05, 0.1) is 11.6 Å². The van der Waals surface area contributed by atoms with Crippen molar-refractivity contribution < 1.29 is 19.1 Å². The Balaban J connectivity index is 1.48. The fourth-order valence-electron chi connectivity index (χ4n) is 4.74. The normalized spacial score (nSPS) is 17.7. The minimum absolute atomic E-state index is 0.217. The van der Waals surface area contributed by atoms with Gasteiger partial charge in [0.15, 0.2) is 0 Å². The summed E-state index contributed by atoms with van der Waals surface area (Å²) in [6.45, 7) is 1.37. The monoisotopic (exact) mass is 462 g/mol. The molecule has 0 heterocycles. The molecule has 2 aromatic rings. The smallest absolute Gasteiger partial charge is 0.345 e. The molecule has 1 N–H and O–H groups in total. The molecule has 2 saturated carbocycles. The van der Waals surface area contributed by atoms with E-state index in [1.165, 1.54) is 45.4 Å². The fraction of sp³-hybridized carbons (Fsp3) is 0.464. The molecule has 4 rings (SSSR count). The maximum Gasteiger partial charge on any atom is 0.345 e. The van der Waals surface area contributed by atoms with Crippen molar-refractivity contribution in [3.8, 4) is 16.9 Å². The molecule has 0 aliphatic heterocycles. The number of esters is 2. The molecule has 0 saturated heterocycles. The lowest BCUT2D eigenvalue weighted by Gasteiger charge is -2.25. The van der Waals surface area contributed by atoms with Crippen LogP contribution in [0.3, 0.4) is 0 Å². The van der Waals surface area contributed by atoms with Gasteiger partial charge >= 0.3 is 11.9 Å². The van der Waals surface area contributed by atoms with Crippen LogP contribution < -0.4 is 10.1 Å². The highest BCUT2D eigenvalue weighted by atomic mass is 16.6. The lowest BCUT2D eigenvalue weighted by molar-refractivity contribution is -0.131. The van der Waals surface area contributed by atoms with Crippen molar-refractivity contribution in [3.05, 3.63) is 54.1 Å². The zero-order valence-corrected chi connectivity index (χ0v) is 19.9. The lowest BCUT2D eigenvalue weighted by Crippen LogP contribution is -2.39. The first-order valence-corrected chi connectivity index (χ1v) is 12.5. The van der Waals surface area contributed by atoms with Crippen molar-refractivity contribution in [2.24, 2.45) is 4.99 Å². The number of hydrogen-bond donors (Lipinski definition) is 1. The molecule has 0 unspecified atom stereocenters. The number of benzene rings is 2. The Hall–Kier alpha value is -3.15. The van der Waals surface area contributed by atoms with Gasteiger partial charge in [-0.1, -0.05) is 62.8 Å². The van der Waals surface area contributed by atoms with Crippen LogP contribution in [0.5, 0.6) is 5.75 Å². The molecule has 6 nitrogen and oxygen atoms in total. The van der Waals surface area contributed by atoms with E-state index < -0.39 is 5.97 Å². The van der Waals surface area contributed by atoms with Gasteiger partial charge in [0, 0.05) is 13.0 Å². The minimum Gasteiger partial charge on any atom is -0.427 e. The summed E-state index contributed by atoms with van der Waals surface area (Å²) < 4.78 is 10.9. The fourth-order valence-corrected chi connectivity index (χ4v) is 4.74. The molecule has 2 aliphatic carbocycles. The van der Waals surface area contributed by atoms with Gasteiger partial charge in [0.1, 0.15) is 5.75 Å². The van der Waals surface area contributed by atoms with E-state index >= 15 is 0 Å². The number of aliphatic imine (C=N–C) groups is 1. The first kappa shape index (κ1) is 24.0. The molecule has 0 spiro atoms. The third kappa shape index (κ3) is 6.92. The Labute approximate surface area is 201 Å². The molecule has 180 valence electrons. The van der Waals surface area contributed by atoms with E-state index in [0.717, 1.165) is 36.8 Å². The summed E-state index contributed by atoms with van der Waals surface area (Å²) in [6, 6.07) is 15.5. The third-order valence-electron chi connectivity index (χ3n) is 6.54. The first-order valence-electron chi connectivity index (χ1n) is 12.5. The highest BCUT2D eigenvalue weighted by molar-refractivity contribution is 5.98. The average Bonchev–Trinajstić information content (AvgIpc) is 2.85. The van der Waals surface area contributed by atoms with E-state index in [1.807, 2.05) is 30.3 Å². The Morgan fingerprint density at radius 2 is 1.53 bits per heavy atom. The van der Waals surface area contributed by atoms with E-state index in [1.54, 1.807) is 18.2 Å². The summed E-state index contributed by atoms with van der Waals surface area (Å²) in [5.74, 6) is -0.273. The van der Waals surface area contributed by atoms with Gasteiger partial charge in [0.25, 0.3) is 6.02 Å². The van der Waals surface area contributed by atoms with Crippen LogP contribution in [-0.4, -0.2) is 30.0 Å². The van der Waals surface area contributed by atoms with Gasteiger partial charge in [-0.15, -0.1) is 0 Å². The maximum atomic E-state index is 13.1. The number of rotatable bonds is 5. The maximum absolute atomic E-state index is 13.1. The van der Waals surface area contributed by atoms with Gasteiger partial charge in [0.2, 0.25) is 0 Å². The molecule has 34 heavy (non-hydrogen) atoms.